The van der Waals surface area contributed by atoms with E-state index in [9.17, 15) is 9.90 Å². The molecule has 1 heterocycles. The number of hydrogen-bond donors (Lipinski definition) is 1. The molecule has 3 aliphatic carbocycles. The smallest absolute Gasteiger partial charge is 0.222 e. The molecule has 0 unspecified atom stereocenters. The van der Waals surface area contributed by atoms with Crippen LogP contribution in [0.15, 0.2) is 0 Å². The lowest BCUT2D eigenvalue weighted by molar-refractivity contribution is -0.210. The Bertz CT molecular complexity index is 456. The van der Waals surface area contributed by atoms with Crippen LogP contribution in [0.4, 0.5) is 0 Å². The molecule has 5 atom stereocenters. The van der Waals surface area contributed by atoms with Crippen molar-refractivity contribution in [3.05, 3.63) is 0 Å². The minimum atomic E-state index is -0.234. The van der Waals surface area contributed by atoms with E-state index in [1.807, 2.05) is 6.92 Å². The van der Waals surface area contributed by atoms with Crippen molar-refractivity contribution in [2.24, 2.45) is 23.2 Å². The molecule has 0 aromatic rings. The van der Waals surface area contributed by atoms with E-state index in [2.05, 4.69) is 4.90 Å². The van der Waals surface area contributed by atoms with E-state index < -0.39 is 0 Å². The van der Waals surface area contributed by atoms with Crippen molar-refractivity contribution in [2.75, 3.05) is 19.7 Å². The predicted molar refractivity (Wildman–Crippen MR) is 87.8 cm³/mol. The van der Waals surface area contributed by atoms with Gasteiger partial charge in [-0.15, -0.1) is 0 Å². The quantitative estimate of drug-likeness (QED) is 0.866. The molecule has 4 heteroatoms. The number of aliphatic hydroxyl groups is 1. The van der Waals surface area contributed by atoms with Crippen molar-refractivity contribution >= 4 is 5.91 Å². The van der Waals surface area contributed by atoms with Gasteiger partial charge >= 0.3 is 0 Å². The van der Waals surface area contributed by atoms with Gasteiger partial charge in [0.2, 0.25) is 5.91 Å². The van der Waals surface area contributed by atoms with Crippen LogP contribution in [0.25, 0.3) is 0 Å². The normalized spacial score (nSPS) is 41.3. The molecule has 0 aromatic heterocycles. The summed E-state index contributed by atoms with van der Waals surface area (Å²) in [5.41, 5.74) is -0.0702. The second-order valence-electron chi connectivity index (χ2n) is 8.45. The molecule has 1 aliphatic heterocycles. The number of likely N-dealkylation sites (tertiary alicyclic amines) is 1. The highest BCUT2D eigenvalue weighted by Gasteiger charge is 2.56. The first kappa shape index (κ1) is 15.9. The number of nitrogens with zero attached hydrogens (tertiary/aromatic N) is 1. The molecule has 1 spiro atoms. The summed E-state index contributed by atoms with van der Waals surface area (Å²) in [5.74, 6) is 2.76. The maximum atomic E-state index is 12.7. The van der Waals surface area contributed by atoms with E-state index in [0.717, 1.165) is 50.6 Å². The van der Waals surface area contributed by atoms with Gasteiger partial charge in [0.15, 0.2) is 0 Å². The van der Waals surface area contributed by atoms with Crippen LogP contribution in [0, 0.1) is 23.2 Å². The van der Waals surface area contributed by atoms with Crippen LogP contribution in [0.5, 0.6) is 0 Å². The lowest BCUT2D eigenvalue weighted by Crippen LogP contribution is -2.62. The molecule has 4 aliphatic rings. The number of carbonyl (C=O) groups is 1. The Balaban J connectivity index is 1.30. The van der Waals surface area contributed by atoms with Crippen molar-refractivity contribution in [1.82, 2.24) is 4.90 Å². The number of aliphatic hydroxyl groups excluding tert-OH is 1. The fourth-order valence-corrected chi connectivity index (χ4v) is 5.97. The van der Waals surface area contributed by atoms with Crippen molar-refractivity contribution in [1.29, 1.82) is 0 Å². The lowest BCUT2D eigenvalue weighted by atomic mass is 9.58. The zero-order valence-corrected chi connectivity index (χ0v) is 14.4. The summed E-state index contributed by atoms with van der Waals surface area (Å²) >= 11 is 0. The summed E-state index contributed by atoms with van der Waals surface area (Å²) < 4.78 is 5.81. The number of piperidine rings is 1. The molecular formula is C19H31NO3. The van der Waals surface area contributed by atoms with Gasteiger partial charge in [-0.25, -0.2) is 0 Å². The summed E-state index contributed by atoms with van der Waals surface area (Å²) in [6, 6.07) is 0. The van der Waals surface area contributed by atoms with Crippen LogP contribution in [0.1, 0.15) is 58.3 Å². The van der Waals surface area contributed by atoms with Gasteiger partial charge < -0.3 is 14.7 Å². The summed E-state index contributed by atoms with van der Waals surface area (Å²) in [7, 11) is 0. The molecular weight excluding hydrogens is 290 g/mol. The van der Waals surface area contributed by atoms with Gasteiger partial charge in [-0.05, 0) is 56.8 Å². The number of ether oxygens (including phenoxy) is 1. The molecule has 1 N–H and O–H groups in total. The maximum absolute atomic E-state index is 12.7. The minimum absolute atomic E-state index is 0.0702. The number of amides is 1. The second kappa shape index (κ2) is 6.03. The van der Waals surface area contributed by atoms with Gasteiger partial charge in [-0.2, -0.15) is 0 Å². The van der Waals surface area contributed by atoms with Gasteiger partial charge in [0.25, 0.3) is 0 Å². The van der Waals surface area contributed by atoms with Gasteiger partial charge in [-0.3, -0.25) is 4.79 Å². The van der Waals surface area contributed by atoms with E-state index >= 15 is 0 Å². The molecule has 4 nitrogen and oxygen atoms in total. The molecule has 2 bridgehead atoms. The minimum Gasteiger partial charge on any atom is -0.392 e. The standard InChI is InChI=1S/C19H31NO3/c1-2-23-17-12-16(21)19(17)5-7-20(8-6-19)18(22)11-15-10-13-3-4-14(15)9-13/h13-17,21H,2-12H2,1H3/t13-,14-,15+,16+,17+/m0/s1. The van der Waals surface area contributed by atoms with Gasteiger partial charge in [0.05, 0.1) is 12.2 Å². The summed E-state index contributed by atoms with van der Waals surface area (Å²) in [5, 5.41) is 10.3. The monoisotopic (exact) mass is 321 g/mol. The largest absolute Gasteiger partial charge is 0.392 e. The number of carbonyl (C=O) groups excluding carboxylic acids is 1. The van der Waals surface area contributed by atoms with Crippen molar-refractivity contribution in [2.45, 2.75) is 70.5 Å². The Labute approximate surface area is 139 Å². The first-order valence-corrected chi connectivity index (χ1v) is 9.70. The Morgan fingerprint density at radius 2 is 2.00 bits per heavy atom. The van der Waals surface area contributed by atoms with Crippen LogP contribution in [0.3, 0.4) is 0 Å². The Kier molecular flexibility index (Phi) is 4.17. The number of hydrogen-bond acceptors (Lipinski definition) is 3. The van der Waals surface area contributed by atoms with Gasteiger partial charge in [0, 0.05) is 38.0 Å². The van der Waals surface area contributed by atoms with Crippen LogP contribution >= 0.6 is 0 Å². The number of rotatable bonds is 4. The topological polar surface area (TPSA) is 49.8 Å². The van der Waals surface area contributed by atoms with E-state index in [1.54, 1.807) is 0 Å². The van der Waals surface area contributed by atoms with Crippen molar-refractivity contribution < 1.29 is 14.6 Å². The summed E-state index contributed by atoms with van der Waals surface area (Å²) in [6.45, 7) is 4.35. The van der Waals surface area contributed by atoms with Crippen molar-refractivity contribution in [3.63, 3.8) is 0 Å². The molecule has 1 saturated heterocycles. The highest BCUT2D eigenvalue weighted by Crippen LogP contribution is 2.52. The Hall–Kier alpha value is -0.610. The fraction of sp³-hybridized carbons (Fsp3) is 0.947. The van der Waals surface area contributed by atoms with Crippen LogP contribution in [-0.4, -0.2) is 47.8 Å². The number of fused-ring (bicyclic) bond motifs is 2. The van der Waals surface area contributed by atoms with Gasteiger partial charge in [-0.1, -0.05) is 6.42 Å². The summed E-state index contributed by atoms with van der Waals surface area (Å²) in [6.07, 6.45) is 8.74. The fourth-order valence-electron chi connectivity index (χ4n) is 5.97. The molecule has 0 aromatic carbocycles. The third-order valence-corrected chi connectivity index (χ3v) is 7.48. The van der Waals surface area contributed by atoms with E-state index in [0.29, 0.717) is 18.4 Å². The highest BCUT2D eigenvalue weighted by molar-refractivity contribution is 5.76. The van der Waals surface area contributed by atoms with Crippen LogP contribution < -0.4 is 0 Å². The van der Waals surface area contributed by atoms with Crippen LogP contribution in [0.2, 0.25) is 0 Å². The Morgan fingerprint density at radius 1 is 1.22 bits per heavy atom. The zero-order valence-electron chi connectivity index (χ0n) is 14.4. The highest BCUT2D eigenvalue weighted by atomic mass is 16.5. The van der Waals surface area contributed by atoms with E-state index in [4.69, 9.17) is 4.74 Å². The first-order chi connectivity index (χ1) is 11.1. The van der Waals surface area contributed by atoms with Crippen LogP contribution in [-0.2, 0) is 9.53 Å². The van der Waals surface area contributed by atoms with Crippen molar-refractivity contribution in [3.8, 4) is 0 Å². The lowest BCUT2D eigenvalue weighted by Gasteiger charge is -2.56. The van der Waals surface area contributed by atoms with E-state index in [1.165, 1.54) is 25.7 Å². The Morgan fingerprint density at radius 3 is 2.57 bits per heavy atom. The maximum Gasteiger partial charge on any atom is 0.222 e. The van der Waals surface area contributed by atoms with E-state index in [-0.39, 0.29) is 17.6 Å². The first-order valence-electron chi connectivity index (χ1n) is 9.70. The second-order valence-corrected chi connectivity index (χ2v) is 8.45. The molecule has 4 rings (SSSR count). The predicted octanol–water partition coefficient (Wildman–Crippen LogP) is 2.59. The molecule has 4 fully saturated rings. The van der Waals surface area contributed by atoms with Gasteiger partial charge in [0.1, 0.15) is 0 Å². The molecule has 130 valence electrons. The average molecular weight is 321 g/mol. The molecule has 0 radical (unpaired) electrons. The summed E-state index contributed by atoms with van der Waals surface area (Å²) in [4.78, 5) is 14.7. The molecule has 3 saturated carbocycles. The third-order valence-electron chi connectivity index (χ3n) is 7.48. The zero-order chi connectivity index (χ0) is 16.0. The SMILES string of the molecule is CCO[C@@H]1C[C@@H](O)C12CCN(C(=O)C[C@H]1C[C@H]3CC[C@H]1C3)CC2. The third kappa shape index (κ3) is 2.62. The molecule has 1 amide bonds. The molecule has 23 heavy (non-hydrogen) atoms. The average Bonchev–Trinajstić information content (AvgIpc) is 3.17.